The first-order chi connectivity index (χ1) is 14.3. The van der Waals surface area contributed by atoms with Gasteiger partial charge in [0.15, 0.2) is 17.3 Å². The van der Waals surface area contributed by atoms with Gasteiger partial charge in [0.2, 0.25) is 6.10 Å². The molecular weight excluding hydrogens is 388 g/mol. The van der Waals surface area contributed by atoms with Crippen LogP contribution in [0.15, 0.2) is 76.4 Å². The second kappa shape index (κ2) is 7.60. The van der Waals surface area contributed by atoms with Gasteiger partial charge in [0.25, 0.3) is 11.1 Å². The maximum Gasteiger partial charge on any atom is 0.277 e. The van der Waals surface area contributed by atoms with Crippen molar-refractivity contribution in [2.75, 3.05) is 12.4 Å². The summed E-state index contributed by atoms with van der Waals surface area (Å²) in [4.78, 5) is 12.6. The Labute approximate surface area is 170 Å². The molecule has 0 amide bonds. The van der Waals surface area contributed by atoms with Crippen LogP contribution in [-0.2, 0) is 0 Å². The van der Waals surface area contributed by atoms with Crippen LogP contribution in [0, 0.1) is 0 Å². The molecule has 1 aromatic heterocycles. The fraction of sp³-hybridized carbons (Fsp3) is 0.136. The number of ether oxygens (including phenoxy) is 2. The molecule has 0 saturated heterocycles. The van der Waals surface area contributed by atoms with Gasteiger partial charge in [0, 0.05) is 5.56 Å². The molecule has 0 radical (unpaired) electrons. The lowest BCUT2D eigenvalue weighted by molar-refractivity contribution is 0.0686. The highest BCUT2D eigenvalue weighted by Crippen LogP contribution is 2.36. The highest BCUT2D eigenvalue weighted by atomic mass is 32.2. The molecule has 0 fully saturated rings. The number of hydrogen-bond donors (Lipinski definition) is 0. The fourth-order valence-electron chi connectivity index (χ4n) is 3.12. The quantitative estimate of drug-likeness (QED) is 0.352. The van der Waals surface area contributed by atoms with Crippen LogP contribution in [0.3, 0.4) is 0 Å². The van der Waals surface area contributed by atoms with Crippen molar-refractivity contribution in [3.05, 3.63) is 78.2 Å². The Bertz CT molecular complexity index is 1190. The lowest BCUT2D eigenvalue weighted by Gasteiger charge is -2.23. The standard InChI is InChI=1S/C22H16N2O4S/c25-17(16-10-9-14-5-1-2-6-15(14)11-16)13-29-22-24-23-21(28-22)20-12-26-18-7-3-4-8-19(18)27-20/h1-11,20H,12-13H2/t20-/m1/s1. The van der Waals surface area contributed by atoms with E-state index < -0.39 is 6.10 Å². The van der Waals surface area contributed by atoms with Gasteiger partial charge in [-0.3, -0.25) is 4.79 Å². The third-order valence-corrected chi connectivity index (χ3v) is 5.42. The van der Waals surface area contributed by atoms with E-state index in [9.17, 15) is 4.79 Å². The van der Waals surface area contributed by atoms with E-state index in [4.69, 9.17) is 13.9 Å². The van der Waals surface area contributed by atoms with Gasteiger partial charge >= 0.3 is 0 Å². The molecule has 1 aliphatic rings. The third kappa shape index (κ3) is 3.69. The van der Waals surface area contributed by atoms with E-state index in [1.165, 1.54) is 11.8 Å². The number of carbonyl (C=O) groups excluding carboxylic acids is 1. The molecular formula is C22H16N2O4S. The molecule has 1 atom stereocenters. The Kier molecular flexibility index (Phi) is 4.65. The van der Waals surface area contributed by atoms with Crippen molar-refractivity contribution in [1.29, 1.82) is 0 Å². The van der Waals surface area contributed by atoms with Crippen molar-refractivity contribution >= 4 is 28.3 Å². The predicted molar refractivity (Wildman–Crippen MR) is 109 cm³/mol. The summed E-state index contributed by atoms with van der Waals surface area (Å²) in [6, 6.07) is 21.1. The molecule has 0 aliphatic carbocycles. The summed E-state index contributed by atoms with van der Waals surface area (Å²) < 4.78 is 17.2. The molecule has 6 nitrogen and oxygen atoms in total. The molecule has 0 unspecified atom stereocenters. The van der Waals surface area contributed by atoms with Crippen LogP contribution >= 0.6 is 11.8 Å². The van der Waals surface area contributed by atoms with Gasteiger partial charge in [0.05, 0.1) is 5.75 Å². The highest BCUT2D eigenvalue weighted by Gasteiger charge is 2.27. The Morgan fingerprint density at radius 2 is 1.76 bits per heavy atom. The van der Waals surface area contributed by atoms with Crippen LogP contribution in [0.2, 0.25) is 0 Å². The number of thioether (sulfide) groups is 1. The predicted octanol–water partition coefficient (Wildman–Crippen LogP) is 4.71. The summed E-state index contributed by atoms with van der Waals surface area (Å²) in [6.45, 7) is 0.291. The van der Waals surface area contributed by atoms with Crippen molar-refractivity contribution in [2.45, 2.75) is 11.3 Å². The molecule has 0 bridgehead atoms. The van der Waals surface area contributed by atoms with Gasteiger partial charge in [-0.15, -0.1) is 10.2 Å². The van der Waals surface area contributed by atoms with Crippen molar-refractivity contribution < 1.29 is 18.7 Å². The zero-order valence-electron chi connectivity index (χ0n) is 15.3. The number of benzene rings is 3. The number of rotatable bonds is 5. The van der Waals surface area contributed by atoms with E-state index in [0.29, 0.717) is 34.8 Å². The van der Waals surface area contributed by atoms with Crippen LogP contribution in [0.1, 0.15) is 22.4 Å². The number of para-hydroxylation sites is 2. The molecule has 3 aromatic carbocycles. The Hall–Kier alpha value is -3.32. The van der Waals surface area contributed by atoms with E-state index in [0.717, 1.165) is 10.8 Å². The second-order valence-electron chi connectivity index (χ2n) is 6.54. The maximum absolute atomic E-state index is 12.6. The van der Waals surface area contributed by atoms with E-state index in [2.05, 4.69) is 10.2 Å². The number of hydrogen-bond acceptors (Lipinski definition) is 7. The number of fused-ring (bicyclic) bond motifs is 2. The first-order valence-corrected chi connectivity index (χ1v) is 10.1. The highest BCUT2D eigenvalue weighted by molar-refractivity contribution is 7.99. The largest absolute Gasteiger partial charge is 0.485 e. The summed E-state index contributed by atoms with van der Waals surface area (Å²) in [5, 5.41) is 10.5. The first-order valence-electron chi connectivity index (χ1n) is 9.13. The molecule has 1 aliphatic heterocycles. The van der Waals surface area contributed by atoms with Crippen molar-refractivity contribution in [1.82, 2.24) is 10.2 Å². The smallest absolute Gasteiger partial charge is 0.277 e. The summed E-state index contributed by atoms with van der Waals surface area (Å²) in [5.74, 6) is 1.89. The van der Waals surface area contributed by atoms with Crippen molar-refractivity contribution in [2.24, 2.45) is 0 Å². The third-order valence-electron chi connectivity index (χ3n) is 4.60. The Morgan fingerprint density at radius 1 is 0.966 bits per heavy atom. The SMILES string of the molecule is O=C(CSc1nnc([C@H]2COc3ccccc3O2)o1)c1ccc2ccccc2c1. The Morgan fingerprint density at radius 3 is 2.66 bits per heavy atom. The van der Waals surface area contributed by atoms with Gasteiger partial charge in [-0.05, 0) is 29.0 Å². The zero-order chi connectivity index (χ0) is 19.6. The number of nitrogens with zero attached hydrogens (tertiary/aromatic N) is 2. The van der Waals surface area contributed by atoms with Crippen LogP contribution < -0.4 is 9.47 Å². The molecule has 7 heteroatoms. The number of ketones is 1. The van der Waals surface area contributed by atoms with Crippen LogP contribution in [0.4, 0.5) is 0 Å². The van der Waals surface area contributed by atoms with E-state index in [-0.39, 0.29) is 11.5 Å². The summed E-state index contributed by atoms with van der Waals surface area (Å²) >= 11 is 1.21. The fourth-order valence-corrected chi connectivity index (χ4v) is 3.79. The average Bonchev–Trinajstić information content (AvgIpc) is 3.26. The lowest BCUT2D eigenvalue weighted by atomic mass is 10.1. The van der Waals surface area contributed by atoms with E-state index in [1.807, 2.05) is 66.7 Å². The van der Waals surface area contributed by atoms with Gasteiger partial charge in [-0.25, -0.2) is 0 Å². The van der Waals surface area contributed by atoms with Crippen molar-refractivity contribution in [3.63, 3.8) is 0 Å². The van der Waals surface area contributed by atoms with Gasteiger partial charge in [-0.2, -0.15) is 0 Å². The lowest BCUT2D eigenvalue weighted by Crippen LogP contribution is -2.21. The molecule has 0 spiro atoms. The number of Topliss-reactive ketones (excluding diaryl/α,β-unsaturated/α-hetero) is 1. The van der Waals surface area contributed by atoms with Crippen LogP contribution in [-0.4, -0.2) is 28.3 Å². The molecule has 2 heterocycles. The molecule has 4 aromatic rings. The minimum Gasteiger partial charge on any atom is -0.485 e. The number of carbonyl (C=O) groups is 1. The molecule has 0 saturated carbocycles. The van der Waals surface area contributed by atoms with Crippen LogP contribution in [0.25, 0.3) is 10.8 Å². The number of aromatic nitrogens is 2. The van der Waals surface area contributed by atoms with E-state index in [1.54, 1.807) is 0 Å². The molecule has 0 N–H and O–H groups in total. The van der Waals surface area contributed by atoms with Crippen molar-refractivity contribution in [3.8, 4) is 11.5 Å². The minimum atomic E-state index is -0.470. The van der Waals surface area contributed by atoms with Crippen LogP contribution in [0.5, 0.6) is 11.5 Å². The topological polar surface area (TPSA) is 74.5 Å². The summed E-state index contributed by atoms with van der Waals surface area (Å²) in [7, 11) is 0. The molecule has 29 heavy (non-hydrogen) atoms. The Balaban J connectivity index is 1.24. The van der Waals surface area contributed by atoms with Gasteiger partial charge < -0.3 is 13.9 Å². The van der Waals surface area contributed by atoms with E-state index >= 15 is 0 Å². The average molecular weight is 404 g/mol. The summed E-state index contributed by atoms with van der Waals surface area (Å²) in [5.41, 5.74) is 0.663. The zero-order valence-corrected chi connectivity index (χ0v) is 16.1. The normalized spacial score (nSPS) is 15.4. The maximum atomic E-state index is 12.6. The second-order valence-corrected chi connectivity index (χ2v) is 7.47. The summed E-state index contributed by atoms with van der Waals surface area (Å²) in [6.07, 6.45) is -0.470. The molecule has 144 valence electrons. The first kappa shape index (κ1) is 17.8. The van der Waals surface area contributed by atoms with Gasteiger partial charge in [-0.1, -0.05) is 60.3 Å². The monoisotopic (exact) mass is 404 g/mol. The van der Waals surface area contributed by atoms with Gasteiger partial charge in [0.1, 0.15) is 6.61 Å². The minimum absolute atomic E-state index is 0.00619. The molecule has 5 rings (SSSR count).